The van der Waals surface area contributed by atoms with Gasteiger partial charge >= 0.3 is 0 Å². The van der Waals surface area contributed by atoms with E-state index >= 15 is 0 Å². The predicted octanol–water partition coefficient (Wildman–Crippen LogP) is 4.96. The Bertz CT molecular complexity index is 1120. The number of fused-ring (bicyclic) bond motifs is 1. The highest BCUT2D eigenvalue weighted by Crippen LogP contribution is 2.25. The maximum atomic E-state index is 6.67. The Hall–Kier alpha value is -2.61. The van der Waals surface area contributed by atoms with Gasteiger partial charge in [0.25, 0.3) is 0 Å². The standard InChI is InChI=1S/C24H25BrN4O2/c1-30-15-16-5-4-6-17(11-16)24(26)19(14-28-23-7-2-3-10-31-23)20-8-9-21-22(29-20)12-18(25)13-27-21/h4-6,8-9,11-14,23H,2-3,7,10,15,26H2,1H3/b24-19+,28-14+. The number of halogens is 1. The largest absolute Gasteiger partial charge is 0.398 e. The smallest absolute Gasteiger partial charge is 0.148 e. The van der Waals surface area contributed by atoms with Crippen molar-refractivity contribution in [2.24, 2.45) is 10.7 Å². The van der Waals surface area contributed by atoms with Gasteiger partial charge in [0.05, 0.1) is 23.3 Å². The second-order valence-electron chi connectivity index (χ2n) is 7.45. The number of hydrogen-bond donors (Lipinski definition) is 1. The average molecular weight is 481 g/mol. The molecule has 7 heteroatoms. The second-order valence-corrected chi connectivity index (χ2v) is 8.36. The molecule has 0 bridgehead atoms. The van der Waals surface area contributed by atoms with Crippen molar-refractivity contribution >= 4 is 44.4 Å². The SMILES string of the molecule is COCc1cccc(/C(N)=C(/C=N/C2CCCCO2)c2ccc3ncc(Br)cc3n2)c1. The number of aliphatic imine (C=N–C) groups is 1. The van der Waals surface area contributed by atoms with Crippen LogP contribution in [0.4, 0.5) is 0 Å². The topological polar surface area (TPSA) is 82.6 Å². The number of methoxy groups -OCH3 is 1. The van der Waals surface area contributed by atoms with Crippen molar-refractivity contribution in [3.63, 3.8) is 0 Å². The third kappa shape index (κ3) is 5.36. The highest BCUT2D eigenvalue weighted by molar-refractivity contribution is 9.10. The minimum absolute atomic E-state index is 0.146. The summed E-state index contributed by atoms with van der Waals surface area (Å²) in [5.74, 6) is 0. The molecule has 0 aliphatic carbocycles. The van der Waals surface area contributed by atoms with Gasteiger partial charge in [-0.2, -0.15) is 0 Å². The monoisotopic (exact) mass is 480 g/mol. The lowest BCUT2D eigenvalue weighted by Crippen LogP contribution is -2.17. The van der Waals surface area contributed by atoms with Crippen LogP contribution in [-0.2, 0) is 16.1 Å². The highest BCUT2D eigenvalue weighted by atomic mass is 79.9. The molecule has 2 aromatic heterocycles. The lowest BCUT2D eigenvalue weighted by Gasteiger charge is -2.19. The van der Waals surface area contributed by atoms with Crippen LogP contribution in [0.5, 0.6) is 0 Å². The van der Waals surface area contributed by atoms with Gasteiger partial charge in [0, 0.05) is 41.9 Å². The molecule has 1 aliphatic rings. The molecule has 1 aromatic carbocycles. The van der Waals surface area contributed by atoms with E-state index in [-0.39, 0.29) is 6.23 Å². The van der Waals surface area contributed by atoms with Crippen LogP contribution in [0.25, 0.3) is 22.3 Å². The van der Waals surface area contributed by atoms with Crippen LogP contribution in [0.1, 0.15) is 36.1 Å². The van der Waals surface area contributed by atoms with E-state index < -0.39 is 0 Å². The number of aromatic nitrogens is 2. The molecule has 1 atom stereocenters. The Labute approximate surface area is 190 Å². The Morgan fingerprint density at radius 3 is 2.97 bits per heavy atom. The summed E-state index contributed by atoms with van der Waals surface area (Å²) in [5, 5.41) is 0. The van der Waals surface area contributed by atoms with Crippen molar-refractivity contribution in [2.45, 2.75) is 32.1 Å². The number of rotatable bonds is 6. The third-order valence-corrected chi connectivity index (χ3v) is 5.58. The zero-order valence-electron chi connectivity index (χ0n) is 17.4. The van der Waals surface area contributed by atoms with E-state index in [1.807, 2.05) is 42.5 Å². The van der Waals surface area contributed by atoms with E-state index in [0.717, 1.165) is 63.8 Å². The first-order valence-electron chi connectivity index (χ1n) is 10.3. The van der Waals surface area contributed by atoms with Gasteiger partial charge in [0.15, 0.2) is 0 Å². The quantitative estimate of drug-likeness (QED) is 0.503. The normalized spacial score (nSPS) is 17.8. The summed E-state index contributed by atoms with van der Waals surface area (Å²) >= 11 is 3.47. The fraction of sp³-hybridized carbons (Fsp3) is 0.292. The van der Waals surface area contributed by atoms with Crippen LogP contribution in [-0.4, -0.2) is 36.1 Å². The molecule has 160 valence electrons. The minimum atomic E-state index is -0.146. The summed E-state index contributed by atoms with van der Waals surface area (Å²) in [6, 6.07) is 13.8. The third-order valence-electron chi connectivity index (χ3n) is 5.14. The summed E-state index contributed by atoms with van der Waals surface area (Å²) in [6.45, 7) is 1.26. The Morgan fingerprint density at radius 1 is 1.26 bits per heavy atom. The van der Waals surface area contributed by atoms with Gasteiger partial charge in [-0.25, -0.2) is 4.98 Å². The summed E-state index contributed by atoms with van der Waals surface area (Å²) < 4.78 is 11.9. The first kappa shape index (κ1) is 21.6. The van der Waals surface area contributed by atoms with E-state index in [0.29, 0.717) is 12.3 Å². The minimum Gasteiger partial charge on any atom is -0.398 e. The van der Waals surface area contributed by atoms with Crippen LogP contribution < -0.4 is 5.73 Å². The molecule has 6 nitrogen and oxygen atoms in total. The molecule has 31 heavy (non-hydrogen) atoms. The zero-order chi connectivity index (χ0) is 21.6. The van der Waals surface area contributed by atoms with E-state index in [2.05, 4.69) is 25.9 Å². The first-order valence-corrected chi connectivity index (χ1v) is 11.1. The van der Waals surface area contributed by atoms with E-state index in [1.54, 1.807) is 19.5 Å². The summed E-state index contributed by atoms with van der Waals surface area (Å²) in [6.07, 6.45) is 6.52. The molecule has 2 N–H and O–H groups in total. The molecule has 3 aromatic rings. The summed E-state index contributed by atoms with van der Waals surface area (Å²) in [5.41, 5.74) is 12.3. The molecular formula is C24H25BrN4O2. The van der Waals surface area contributed by atoms with Crippen molar-refractivity contribution in [3.05, 3.63) is 70.0 Å². The molecule has 1 fully saturated rings. The van der Waals surface area contributed by atoms with E-state index in [1.165, 1.54) is 0 Å². The van der Waals surface area contributed by atoms with E-state index in [4.69, 9.17) is 20.2 Å². The molecule has 1 unspecified atom stereocenters. The molecule has 0 spiro atoms. The number of ether oxygens (including phenoxy) is 2. The molecule has 4 rings (SSSR count). The number of benzene rings is 1. The van der Waals surface area contributed by atoms with E-state index in [9.17, 15) is 0 Å². The van der Waals surface area contributed by atoms with Gasteiger partial charge in [-0.1, -0.05) is 18.2 Å². The van der Waals surface area contributed by atoms with Crippen LogP contribution in [0.2, 0.25) is 0 Å². The predicted molar refractivity (Wildman–Crippen MR) is 127 cm³/mol. The van der Waals surface area contributed by atoms with Crippen molar-refractivity contribution < 1.29 is 9.47 Å². The molecule has 3 heterocycles. The van der Waals surface area contributed by atoms with Crippen LogP contribution in [0.15, 0.2) is 58.1 Å². The van der Waals surface area contributed by atoms with Crippen molar-refractivity contribution in [1.82, 2.24) is 9.97 Å². The van der Waals surface area contributed by atoms with Gasteiger partial charge in [-0.05, 0) is 70.6 Å². The molecule has 0 saturated carbocycles. The van der Waals surface area contributed by atoms with Crippen LogP contribution >= 0.6 is 15.9 Å². The molecule has 1 aliphatic heterocycles. The maximum Gasteiger partial charge on any atom is 0.148 e. The Morgan fingerprint density at radius 2 is 2.16 bits per heavy atom. The molecule has 0 amide bonds. The highest BCUT2D eigenvalue weighted by Gasteiger charge is 2.14. The lowest BCUT2D eigenvalue weighted by molar-refractivity contribution is 0.0227. The van der Waals surface area contributed by atoms with Gasteiger partial charge < -0.3 is 15.2 Å². The molecule has 1 saturated heterocycles. The van der Waals surface area contributed by atoms with Crippen molar-refractivity contribution in [1.29, 1.82) is 0 Å². The van der Waals surface area contributed by atoms with Gasteiger partial charge in [-0.3, -0.25) is 9.98 Å². The second kappa shape index (κ2) is 10.1. The van der Waals surface area contributed by atoms with Gasteiger partial charge in [-0.15, -0.1) is 0 Å². The number of nitrogens with two attached hydrogens (primary N) is 1. The fourth-order valence-electron chi connectivity index (χ4n) is 3.56. The number of pyridine rings is 2. The Kier molecular flexibility index (Phi) is 7.06. The van der Waals surface area contributed by atoms with Crippen molar-refractivity contribution in [3.8, 4) is 0 Å². The lowest BCUT2D eigenvalue weighted by atomic mass is 10.0. The summed E-state index contributed by atoms with van der Waals surface area (Å²) in [4.78, 5) is 13.9. The zero-order valence-corrected chi connectivity index (χ0v) is 19.0. The van der Waals surface area contributed by atoms with Crippen LogP contribution in [0.3, 0.4) is 0 Å². The molecule has 0 radical (unpaired) electrons. The fourth-order valence-corrected chi connectivity index (χ4v) is 3.87. The van der Waals surface area contributed by atoms with Gasteiger partial charge in [0.1, 0.15) is 6.23 Å². The number of hydrogen-bond acceptors (Lipinski definition) is 6. The average Bonchev–Trinajstić information content (AvgIpc) is 2.80. The maximum absolute atomic E-state index is 6.67. The summed E-state index contributed by atoms with van der Waals surface area (Å²) in [7, 11) is 1.68. The first-order chi connectivity index (χ1) is 15.1. The van der Waals surface area contributed by atoms with Crippen LogP contribution in [0, 0.1) is 0 Å². The van der Waals surface area contributed by atoms with Gasteiger partial charge in [0.2, 0.25) is 0 Å². The number of nitrogens with zero attached hydrogens (tertiary/aromatic N) is 3. The van der Waals surface area contributed by atoms with Crippen molar-refractivity contribution in [2.75, 3.05) is 13.7 Å². The Balaban J connectivity index is 1.79. The molecular weight excluding hydrogens is 456 g/mol. The number of allylic oxidation sites excluding steroid dienone is 1.